The normalized spacial score (nSPS) is 11.6. The van der Waals surface area contributed by atoms with Gasteiger partial charge in [-0.1, -0.05) is 26.0 Å². The largest absolute Gasteiger partial charge is 0.497 e. The van der Waals surface area contributed by atoms with Gasteiger partial charge in [-0.2, -0.15) is 0 Å². The van der Waals surface area contributed by atoms with Gasteiger partial charge in [-0.25, -0.2) is 0 Å². The third-order valence-corrected chi connectivity index (χ3v) is 3.36. The quantitative estimate of drug-likeness (QED) is 0.674. The van der Waals surface area contributed by atoms with E-state index >= 15 is 0 Å². The summed E-state index contributed by atoms with van der Waals surface area (Å²) in [4.78, 5) is 0. The molecule has 0 aliphatic rings. The zero-order chi connectivity index (χ0) is 14.1. The molecule has 0 bridgehead atoms. The predicted octanol–water partition coefficient (Wildman–Crippen LogP) is 2.63. The lowest BCUT2D eigenvalue weighted by atomic mass is 9.88. The summed E-state index contributed by atoms with van der Waals surface area (Å²) >= 11 is 0. The summed E-state index contributed by atoms with van der Waals surface area (Å²) in [5.74, 6) is 0.904. The highest BCUT2D eigenvalue weighted by molar-refractivity contribution is 5.27. The lowest BCUT2D eigenvalue weighted by Gasteiger charge is -2.24. The Morgan fingerprint density at radius 3 is 2.47 bits per heavy atom. The Hall–Kier alpha value is -1.06. The molecule has 0 amide bonds. The van der Waals surface area contributed by atoms with Gasteiger partial charge in [-0.3, -0.25) is 0 Å². The Kier molecular flexibility index (Phi) is 6.89. The summed E-state index contributed by atoms with van der Waals surface area (Å²) in [5.41, 5.74) is 1.57. The molecular formula is C16H27NO2. The van der Waals surface area contributed by atoms with Crippen molar-refractivity contribution in [1.29, 1.82) is 0 Å². The minimum Gasteiger partial charge on any atom is -0.497 e. The highest BCUT2D eigenvalue weighted by Gasteiger charge is 2.16. The minimum absolute atomic E-state index is 0.253. The van der Waals surface area contributed by atoms with Crippen LogP contribution in [0.1, 0.15) is 32.3 Å². The van der Waals surface area contributed by atoms with Crippen molar-refractivity contribution >= 4 is 0 Å². The van der Waals surface area contributed by atoms with Crippen molar-refractivity contribution in [3.8, 4) is 5.75 Å². The number of hydrogen-bond acceptors (Lipinski definition) is 3. The number of rotatable bonds is 9. The van der Waals surface area contributed by atoms with Crippen molar-refractivity contribution in [1.82, 2.24) is 5.32 Å². The molecule has 0 saturated carbocycles. The van der Waals surface area contributed by atoms with E-state index in [9.17, 15) is 0 Å². The van der Waals surface area contributed by atoms with Crippen LogP contribution < -0.4 is 10.1 Å². The monoisotopic (exact) mass is 265 g/mol. The predicted molar refractivity (Wildman–Crippen MR) is 79.7 cm³/mol. The molecule has 1 aromatic carbocycles. The number of hydrogen-bond donors (Lipinski definition) is 2. The SMILES string of the molecule is COc1ccc(CCNCC(C)(C)CCCO)cc1. The van der Waals surface area contributed by atoms with Gasteiger partial charge in [0, 0.05) is 13.2 Å². The van der Waals surface area contributed by atoms with Crippen molar-refractivity contribution in [2.45, 2.75) is 33.1 Å². The first-order valence-electron chi connectivity index (χ1n) is 7.02. The Balaban J connectivity index is 2.22. The van der Waals surface area contributed by atoms with Gasteiger partial charge in [0.05, 0.1) is 7.11 Å². The van der Waals surface area contributed by atoms with Crippen LogP contribution in [0.15, 0.2) is 24.3 Å². The molecule has 0 saturated heterocycles. The van der Waals surface area contributed by atoms with Crippen LogP contribution >= 0.6 is 0 Å². The van der Waals surface area contributed by atoms with E-state index in [4.69, 9.17) is 9.84 Å². The van der Waals surface area contributed by atoms with Crippen LogP contribution in [0.3, 0.4) is 0 Å². The van der Waals surface area contributed by atoms with E-state index < -0.39 is 0 Å². The molecule has 3 nitrogen and oxygen atoms in total. The number of ether oxygens (including phenoxy) is 1. The highest BCUT2D eigenvalue weighted by atomic mass is 16.5. The fourth-order valence-electron chi connectivity index (χ4n) is 2.10. The second kappa shape index (κ2) is 8.18. The number of benzene rings is 1. The topological polar surface area (TPSA) is 41.5 Å². The molecule has 2 N–H and O–H groups in total. The molecule has 19 heavy (non-hydrogen) atoms. The molecule has 0 aromatic heterocycles. The van der Waals surface area contributed by atoms with Crippen LogP contribution in [0, 0.1) is 5.41 Å². The molecule has 0 heterocycles. The number of nitrogens with one attached hydrogen (secondary N) is 1. The summed E-state index contributed by atoms with van der Waals surface area (Å²) in [5, 5.41) is 12.4. The summed E-state index contributed by atoms with van der Waals surface area (Å²) in [6.07, 6.45) is 2.96. The third-order valence-electron chi connectivity index (χ3n) is 3.36. The smallest absolute Gasteiger partial charge is 0.118 e. The van der Waals surface area contributed by atoms with Crippen molar-refractivity contribution in [3.05, 3.63) is 29.8 Å². The van der Waals surface area contributed by atoms with E-state index in [0.29, 0.717) is 0 Å². The number of aliphatic hydroxyl groups is 1. The van der Waals surface area contributed by atoms with Gasteiger partial charge >= 0.3 is 0 Å². The Labute approximate surface area is 117 Å². The van der Waals surface area contributed by atoms with Gasteiger partial charge in [-0.15, -0.1) is 0 Å². The fraction of sp³-hybridized carbons (Fsp3) is 0.625. The standard InChI is InChI=1S/C16H27NO2/c1-16(2,10-4-12-18)13-17-11-9-14-5-7-15(19-3)8-6-14/h5-8,17-18H,4,9-13H2,1-3H3. The van der Waals surface area contributed by atoms with E-state index in [1.807, 2.05) is 12.1 Å². The van der Waals surface area contributed by atoms with Crippen molar-refractivity contribution in [2.24, 2.45) is 5.41 Å². The molecule has 0 atom stereocenters. The van der Waals surface area contributed by atoms with Crippen LogP contribution in [0.2, 0.25) is 0 Å². The van der Waals surface area contributed by atoms with Gasteiger partial charge in [-0.05, 0) is 48.9 Å². The van der Waals surface area contributed by atoms with Crippen LogP contribution in [0.4, 0.5) is 0 Å². The highest BCUT2D eigenvalue weighted by Crippen LogP contribution is 2.20. The zero-order valence-electron chi connectivity index (χ0n) is 12.4. The van der Waals surface area contributed by atoms with Gasteiger partial charge < -0.3 is 15.2 Å². The first-order valence-corrected chi connectivity index (χ1v) is 7.02. The van der Waals surface area contributed by atoms with Gasteiger partial charge in [0.15, 0.2) is 0 Å². The maximum atomic E-state index is 8.86. The van der Waals surface area contributed by atoms with Gasteiger partial charge in [0.25, 0.3) is 0 Å². The Morgan fingerprint density at radius 2 is 1.89 bits per heavy atom. The average molecular weight is 265 g/mol. The molecule has 0 radical (unpaired) electrons. The van der Waals surface area contributed by atoms with Crippen LogP contribution in [0.5, 0.6) is 5.75 Å². The lowest BCUT2D eigenvalue weighted by molar-refractivity contribution is 0.237. The first kappa shape index (κ1) is 16.0. The maximum absolute atomic E-state index is 8.86. The van der Waals surface area contributed by atoms with Crippen molar-refractivity contribution in [2.75, 3.05) is 26.8 Å². The second-order valence-corrected chi connectivity index (χ2v) is 5.77. The molecule has 3 heteroatoms. The van der Waals surface area contributed by atoms with E-state index in [0.717, 1.165) is 38.1 Å². The number of methoxy groups -OCH3 is 1. The van der Waals surface area contributed by atoms with Gasteiger partial charge in [0.2, 0.25) is 0 Å². The molecule has 1 aromatic rings. The van der Waals surface area contributed by atoms with E-state index in [1.165, 1.54) is 5.56 Å². The van der Waals surface area contributed by atoms with Crippen molar-refractivity contribution < 1.29 is 9.84 Å². The van der Waals surface area contributed by atoms with Crippen LogP contribution in [-0.4, -0.2) is 31.9 Å². The molecule has 0 fully saturated rings. The zero-order valence-corrected chi connectivity index (χ0v) is 12.4. The lowest BCUT2D eigenvalue weighted by Crippen LogP contribution is -2.31. The molecule has 0 spiro atoms. The summed E-state index contributed by atoms with van der Waals surface area (Å²) < 4.78 is 5.14. The third kappa shape index (κ3) is 6.60. The molecular weight excluding hydrogens is 238 g/mol. The molecule has 0 unspecified atom stereocenters. The molecule has 1 rings (SSSR count). The maximum Gasteiger partial charge on any atom is 0.118 e. The fourth-order valence-corrected chi connectivity index (χ4v) is 2.10. The summed E-state index contributed by atoms with van der Waals surface area (Å²) in [7, 11) is 1.69. The van der Waals surface area contributed by atoms with Crippen molar-refractivity contribution in [3.63, 3.8) is 0 Å². The Morgan fingerprint density at radius 1 is 1.21 bits per heavy atom. The number of aliphatic hydroxyl groups excluding tert-OH is 1. The van der Waals surface area contributed by atoms with Crippen LogP contribution in [-0.2, 0) is 6.42 Å². The van der Waals surface area contributed by atoms with E-state index in [-0.39, 0.29) is 12.0 Å². The Bertz CT molecular complexity index is 346. The second-order valence-electron chi connectivity index (χ2n) is 5.77. The average Bonchev–Trinajstić information content (AvgIpc) is 2.42. The van der Waals surface area contributed by atoms with E-state index in [2.05, 4.69) is 31.3 Å². The first-order chi connectivity index (χ1) is 9.07. The van der Waals surface area contributed by atoms with Gasteiger partial charge in [0.1, 0.15) is 5.75 Å². The molecule has 0 aliphatic carbocycles. The summed E-state index contributed by atoms with van der Waals surface area (Å²) in [6, 6.07) is 8.22. The molecule has 108 valence electrons. The van der Waals surface area contributed by atoms with Crippen LogP contribution in [0.25, 0.3) is 0 Å². The molecule has 0 aliphatic heterocycles. The van der Waals surface area contributed by atoms with E-state index in [1.54, 1.807) is 7.11 Å². The minimum atomic E-state index is 0.253. The summed E-state index contributed by atoms with van der Waals surface area (Å²) in [6.45, 7) is 6.74.